The van der Waals surface area contributed by atoms with Crippen molar-refractivity contribution < 1.29 is 9.53 Å². The number of pyridine rings is 2. The van der Waals surface area contributed by atoms with Crippen molar-refractivity contribution in [2.24, 2.45) is 7.05 Å². The normalized spacial score (nSPS) is 15.7. The molecular weight excluding hydrogens is 462 g/mol. The molecule has 0 saturated carbocycles. The molecule has 8 nitrogen and oxygen atoms in total. The Hall–Kier alpha value is -2.23. The van der Waals surface area contributed by atoms with Crippen LogP contribution in [0, 0.1) is 0 Å². The zero-order chi connectivity index (χ0) is 22.8. The fourth-order valence-electron chi connectivity index (χ4n) is 3.47. The van der Waals surface area contributed by atoms with E-state index in [2.05, 4.69) is 37.8 Å². The number of hydrogen-bond acceptors (Lipinski definition) is 6. The van der Waals surface area contributed by atoms with Gasteiger partial charge in [0.15, 0.2) is 5.75 Å². The van der Waals surface area contributed by atoms with Crippen LogP contribution in [-0.2, 0) is 13.6 Å². The average molecular weight is 492 g/mol. The van der Waals surface area contributed by atoms with Gasteiger partial charge in [0.05, 0.1) is 0 Å². The van der Waals surface area contributed by atoms with Gasteiger partial charge in [-0.15, -0.1) is 0 Å². The number of carbonyl (C=O) groups excluding carboxylic acids is 1. The SMILES string of the molecule is CN1CCN(Cc2ccc(N(C(=O)Oc3cc(Br)cn(C)c3=O)C(C)(C)C)nc2)CC1. The molecule has 0 atom stereocenters. The van der Waals surface area contributed by atoms with Crippen LogP contribution in [-0.4, -0.2) is 64.2 Å². The zero-order valence-electron chi connectivity index (χ0n) is 18.8. The molecule has 168 valence electrons. The van der Waals surface area contributed by atoms with Gasteiger partial charge in [-0.05, 0) is 55.4 Å². The first-order chi connectivity index (χ1) is 14.5. The number of rotatable bonds is 4. The number of halogens is 1. The number of carbonyl (C=O) groups is 1. The average Bonchev–Trinajstić information content (AvgIpc) is 2.68. The highest BCUT2D eigenvalue weighted by Crippen LogP contribution is 2.24. The summed E-state index contributed by atoms with van der Waals surface area (Å²) in [5.41, 5.74) is 0.109. The predicted octanol–water partition coefficient (Wildman–Crippen LogP) is 3.09. The first kappa shape index (κ1) is 23.4. The van der Waals surface area contributed by atoms with Crippen LogP contribution in [0.15, 0.2) is 39.9 Å². The van der Waals surface area contributed by atoms with E-state index in [1.807, 2.05) is 32.9 Å². The van der Waals surface area contributed by atoms with E-state index in [1.165, 1.54) is 15.5 Å². The Labute approximate surface area is 191 Å². The van der Waals surface area contributed by atoms with E-state index in [-0.39, 0.29) is 11.3 Å². The summed E-state index contributed by atoms with van der Waals surface area (Å²) in [6.07, 6.45) is 2.77. The van der Waals surface area contributed by atoms with Crippen molar-refractivity contribution in [3.63, 3.8) is 0 Å². The van der Waals surface area contributed by atoms with Crippen molar-refractivity contribution in [1.29, 1.82) is 0 Å². The Balaban J connectivity index is 1.78. The maximum Gasteiger partial charge on any atom is 0.421 e. The van der Waals surface area contributed by atoms with Crippen LogP contribution in [0.3, 0.4) is 0 Å². The Morgan fingerprint density at radius 3 is 2.45 bits per heavy atom. The Bertz CT molecular complexity index is 976. The Morgan fingerprint density at radius 2 is 1.87 bits per heavy atom. The van der Waals surface area contributed by atoms with E-state index in [9.17, 15) is 9.59 Å². The van der Waals surface area contributed by atoms with Gasteiger partial charge < -0.3 is 14.2 Å². The molecule has 2 aromatic heterocycles. The van der Waals surface area contributed by atoms with Crippen LogP contribution < -0.4 is 15.2 Å². The van der Waals surface area contributed by atoms with Crippen molar-refractivity contribution in [3.05, 3.63) is 51.0 Å². The second-order valence-electron chi connectivity index (χ2n) is 8.92. The molecule has 0 aliphatic carbocycles. The number of ether oxygens (including phenoxy) is 1. The number of aromatic nitrogens is 2. The van der Waals surface area contributed by atoms with E-state index >= 15 is 0 Å². The summed E-state index contributed by atoms with van der Waals surface area (Å²) in [5.74, 6) is 0.439. The lowest BCUT2D eigenvalue weighted by Gasteiger charge is -2.34. The van der Waals surface area contributed by atoms with Crippen LogP contribution >= 0.6 is 15.9 Å². The molecule has 2 aromatic rings. The number of piperazine rings is 1. The summed E-state index contributed by atoms with van der Waals surface area (Å²) in [5, 5.41) is 0. The van der Waals surface area contributed by atoms with E-state index in [4.69, 9.17) is 4.74 Å². The van der Waals surface area contributed by atoms with Crippen LogP contribution in [0.5, 0.6) is 5.75 Å². The number of anilines is 1. The molecule has 9 heteroatoms. The highest BCUT2D eigenvalue weighted by molar-refractivity contribution is 9.10. The number of hydrogen-bond donors (Lipinski definition) is 0. The number of likely N-dealkylation sites (N-methyl/N-ethyl adjacent to an activating group) is 1. The van der Waals surface area contributed by atoms with Gasteiger partial charge in [0.1, 0.15) is 5.82 Å². The van der Waals surface area contributed by atoms with Gasteiger partial charge in [0, 0.05) is 68.2 Å². The summed E-state index contributed by atoms with van der Waals surface area (Å²) in [7, 11) is 3.74. The minimum Gasteiger partial charge on any atom is -0.404 e. The lowest BCUT2D eigenvalue weighted by atomic mass is 10.1. The molecule has 1 aliphatic heterocycles. The zero-order valence-corrected chi connectivity index (χ0v) is 20.3. The molecule has 1 aliphatic rings. The lowest BCUT2D eigenvalue weighted by Crippen LogP contribution is -2.48. The molecule has 0 N–H and O–H groups in total. The quantitative estimate of drug-likeness (QED) is 0.654. The van der Waals surface area contributed by atoms with Gasteiger partial charge in [-0.3, -0.25) is 14.6 Å². The first-order valence-corrected chi connectivity index (χ1v) is 11.1. The number of nitrogens with zero attached hydrogens (tertiary/aromatic N) is 5. The Morgan fingerprint density at radius 1 is 1.19 bits per heavy atom. The van der Waals surface area contributed by atoms with Crippen LogP contribution in [0.1, 0.15) is 26.3 Å². The van der Waals surface area contributed by atoms with Crippen molar-refractivity contribution in [2.45, 2.75) is 32.9 Å². The monoisotopic (exact) mass is 491 g/mol. The maximum absolute atomic E-state index is 13.1. The molecule has 1 fully saturated rings. The molecule has 0 unspecified atom stereocenters. The van der Waals surface area contributed by atoms with Crippen molar-refractivity contribution in [2.75, 3.05) is 38.1 Å². The van der Waals surface area contributed by atoms with Crippen molar-refractivity contribution >= 4 is 27.8 Å². The maximum atomic E-state index is 13.1. The standard InChI is InChI=1S/C22H30BrN5O3/c1-22(2,3)28(21(30)31-18-12-17(23)15-26(5)20(18)29)19-7-6-16(13-24-19)14-27-10-8-25(4)9-11-27/h6-7,12-13,15H,8-11,14H2,1-5H3. The third-order valence-electron chi connectivity index (χ3n) is 5.21. The van der Waals surface area contributed by atoms with Crippen LogP contribution in [0.2, 0.25) is 0 Å². The van der Waals surface area contributed by atoms with Crippen LogP contribution in [0.25, 0.3) is 0 Å². The number of aryl methyl sites for hydroxylation is 1. The molecule has 0 bridgehead atoms. The minimum atomic E-state index is -0.651. The molecule has 3 rings (SSSR count). The van der Waals surface area contributed by atoms with Gasteiger partial charge in [-0.1, -0.05) is 6.07 Å². The van der Waals surface area contributed by atoms with Gasteiger partial charge in [0.2, 0.25) is 0 Å². The molecule has 31 heavy (non-hydrogen) atoms. The van der Waals surface area contributed by atoms with Gasteiger partial charge >= 0.3 is 6.09 Å². The lowest BCUT2D eigenvalue weighted by molar-refractivity contribution is 0.148. The minimum absolute atomic E-state index is 0.0391. The second-order valence-corrected chi connectivity index (χ2v) is 9.83. The third-order valence-corrected chi connectivity index (χ3v) is 5.64. The van der Waals surface area contributed by atoms with E-state index in [0.29, 0.717) is 10.3 Å². The second kappa shape index (κ2) is 9.50. The molecule has 3 heterocycles. The first-order valence-electron chi connectivity index (χ1n) is 10.3. The van der Waals surface area contributed by atoms with Crippen molar-refractivity contribution in [1.82, 2.24) is 19.4 Å². The fourth-order valence-corrected chi connectivity index (χ4v) is 3.99. The third kappa shape index (κ3) is 5.93. The fraction of sp³-hybridized carbons (Fsp3) is 0.500. The Kier molecular flexibility index (Phi) is 7.18. The molecule has 0 spiro atoms. The summed E-state index contributed by atoms with van der Waals surface area (Å²) >= 11 is 3.33. The largest absolute Gasteiger partial charge is 0.421 e. The number of amides is 1. The van der Waals surface area contributed by atoms with Crippen LogP contribution in [0.4, 0.5) is 10.6 Å². The van der Waals surface area contributed by atoms with E-state index < -0.39 is 11.6 Å². The van der Waals surface area contributed by atoms with E-state index in [1.54, 1.807) is 19.4 Å². The smallest absolute Gasteiger partial charge is 0.404 e. The van der Waals surface area contributed by atoms with E-state index in [0.717, 1.165) is 38.3 Å². The summed E-state index contributed by atoms with van der Waals surface area (Å²) in [4.78, 5) is 36.1. The summed E-state index contributed by atoms with van der Waals surface area (Å²) in [6, 6.07) is 5.31. The van der Waals surface area contributed by atoms with Gasteiger partial charge in [-0.25, -0.2) is 9.78 Å². The van der Waals surface area contributed by atoms with Gasteiger partial charge in [0.25, 0.3) is 5.56 Å². The summed E-state index contributed by atoms with van der Waals surface area (Å²) in [6.45, 7) is 10.7. The highest BCUT2D eigenvalue weighted by Gasteiger charge is 2.31. The summed E-state index contributed by atoms with van der Waals surface area (Å²) < 4.78 is 7.49. The molecule has 1 amide bonds. The topological polar surface area (TPSA) is 70.9 Å². The van der Waals surface area contributed by atoms with Gasteiger partial charge in [-0.2, -0.15) is 0 Å². The molecule has 1 saturated heterocycles. The molecule has 0 aromatic carbocycles. The molecular formula is C22H30BrN5O3. The predicted molar refractivity (Wildman–Crippen MR) is 125 cm³/mol. The highest BCUT2D eigenvalue weighted by atomic mass is 79.9. The van der Waals surface area contributed by atoms with Crippen molar-refractivity contribution in [3.8, 4) is 5.75 Å². The molecule has 0 radical (unpaired) electrons.